The number of rotatable bonds is 19. The lowest BCUT2D eigenvalue weighted by Crippen LogP contribution is -2.26. The van der Waals surface area contributed by atoms with E-state index in [9.17, 15) is 40.9 Å². The SMILES string of the molecule is CCC(C)(C)c1ccc(OCCCNC(=O)c2cc(OCCOc3ccc(N=Nc4c(O)c(S(=O)(=O)O)c(S(=O)(=O)O)c5ccccc45)cc3)c3ccccc3c2O)c(C(C)(C)CC)c1. The Bertz CT molecular complexity index is 2990. The minimum atomic E-state index is -5.37. The molecule has 0 heterocycles. The van der Waals surface area contributed by atoms with Crippen LogP contribution in [-0.2, 0) is 31.1 Å². The van der Waals surface area contributed by atoms with Gasteiger partial charge in [-0.05, 0) is 72.1 Å². The number of nitrogens with one attached hydrogen (secondary N) is 1. The van der Waals surface area contributed by atoms with Gasteiger partial charge in [0.15, 0.2) is 10.6 Å². The molecule has 17 heteroatoms. The number of fused-ring (bicyclic) bond motifs is 2. The fraction of sp³-hybridized carbons (Fsp3) is 0.312. The highest BCUT2D eigenvalue weighted by Crippen LogP contribution is 2.46. The molecule has 0 aliphatic heterocycles. The zero-order valence-electron chi connectivity index (χ0n) is 37.0. The highest BCUT2D eigenvalue weighted by molar-refractivity contribution is 7.89. The summed E-state index contributed by atoms with van der Waals surface area (Å²) in [6, 6.07) is 26.5. The number of ether oxygens (including phenoxy) is 3. The minimum Gasteiger partial charge on any atom is -0.506 e. The molecule has 0 saturated carbocycles. The van der Waals surface area contributed by atoms with Crippen molar-refractivity contribution in [1.82, 2.24) is 5.32 Å². The average Bonchev–Trinajstić information content (AvgIpc) is 3.27. The second-order valence-corrected chi connectivity index (χ2v) is 19.4. The Morgan fingerprint density at radius 1 is 0.631 bits per heavy atom. The van der Waals surface area contributed by atoms with E-state index >= 15 is 0 Å². The van der Waals surface area contributed by atoms with Gasteiger partial charge in [0.2, 0.25) is 0 Å². The molecule has 0 bridgehead atoms. The molecule has 344 valence electrons. The quantitative estimate of drug-likeness (QED) is 0.0290. The first-order valence-corrected chi connectivity index (χ1v) is 23.9. The molecule has 15 nitrogen and oxygen atoms in total. The summed E-state index contributed by atoms with van der Waals surface area (Å²) in [6.07, 6.45) is 2.49. The molecule has 0 radical (unpaired) electrons. The summed E-state index contributed by atoms with van der Waals surface area (Å²) < 4.78 is 86.5. The Morgan fingerprint density at radius 2 is 1.22 bits per heavy atom. The van der Waals surface area contributed by atoms with Crippen LogP contribution in [0.25, 0.3) is 21.5 Å². The van der Waals surface area contributed by atoms with Crippen molar-refractivity contribution in [2.45, 2.75) is 81.4 Å². The zero-order chi connectivity index (χ0) is 47.3. The van der Waals surface area contributed by atoms with Gasteiger partial charge in [0.1, 0.15) is 46.8 Å². The summed E-state index contributed by atoms with van der Waals surface area (Å²) in [6.45, 7) is 14.1. The van der Waals surface area contributed by atoms with Gasteiger partial charge in [0, 0.05) is 33.7 Å². The molecule has 65 heavy (non-hydrogen) atoms. The maximum atomic E-state index is 13.4. The number of azo groups is 1. The van der Waals surface area contributed by atoms with Crippen LogP contribution in [0.2, 0.25) is 0 Å². The maximum absolute atomic E-state index is 13.4. The van der Waals surface area contributed by atoms with Crippen LogP contribution in [0, 0.1) is 0 Å². The van der Waals surface area contributed by atoms with Crippen molar-refractivity contribution in [2.24, 2.45) is 10.2 Å². The predicted octanol–water partition coefficient (Wildman–Crippen LogP) is 10.3. The van der Waals surface area contributed by atoms with Crippen LogP contribution in [0.5, 0.6) is 28.7 Å². The lowest BCUT2D eigenvalue weighted by Gasteiger charge is -2.30. The summed E-state index contributed by atoms with van der Waals surface area (Å²) in [5, 5.41) is 33.5. The number of aromatic hydroxyl groups is 2. The molecule has 1 amide bonds. The number of amides is 1. The van der Waals surface area contributed by atoms with Crippen LogP contribution in [0.1, 0.15) is 82.3 Å². The first-order valence-electron chi connectivity index (χ1n) is 21.0. The minimum absolute atomic E-state index is 0.0377. The Labute approximate surface area is 378 Å². The van der Waals surface area contributed by atoms with Crippen LogP contribution < -0.4 is 19.5 Å². The monoisotopic (exact) mass is 927 g/mol. The van der Waals surface area contributed by atoms with Gasteiger partial charge in [-0.25, -0.2) is 0 Å². The number of benzene rings is 6. The van der Waals surface area contributed by atoms with E-state index in [0.717, 1.165) is 24.2 Å². The van der Waals surface area contributed by atoms with Crippen molar-refractivity contribution in [3.63, 3.8) is 0 Å². The zero-order valence-corrected chi connectivity index (χ0v) is 38.6. The third-order valence-electron chi connectivity index (χ3n) is 11.6. The summed E-state index contributed by atoms with van der Waals surface area (Å²) in [5.41, 5.74) is 2.19. The van der Waals surface area contributed by atoms with E-state index in [-0.39, 0.29) is 51.8 Å². The second kappa shape index (κ2) is 19.5. The molecular formula is C48H53N3O12S2. The number of hydrogen-bond donors (Lipinski definition) is 5. The molecule has 0 atom stereocenters. The molecule has 0 aromatic heterocycles. The fourth-order valence-corrected chi connectivity index (χ4v) is 9.25. The number of carbonyl (C=O) groups excluding carboxylic acids is 1. The van der Waals surface area contributed by atoms with Gasteiger partial charge in [-0.1, -0.05) is 102 Å². The van der Waals surface area contributed by atoms with Crippen LogP contribution in [0.4, 0.5) is 11.4 Å². The standard InChI is InChI=1S/C48H53N3O12S2/c1-7-47(3,4)30-18-23-39(38(28-30)48(5,6)8-2)62-25-13-24-49-46(54)37-29-40(33-14-9-11-16-35(33)42(37)52)63-27-26-61-32-21-19-31(20-22-32)50-51-41-34-15-10-12-17-36(34)44(64(55,56)57)45(43(41)53)65(58,59)60/h9-12,14-23,28-29,52-53H,7-8,13,24-27H2,1-6H3,(H,49,54)(H,55,56,57)(H,58,59,60). The van der Waals surface area contributed by atoms with Gasteiger partial charge in [-0.15, -0.1) is 5.11 Å². The number of carbonyl (C=O) groups is 1. The Hall–Kier alpha value is -6.27. The topological polar surface area (TPSA) is 231 Å². The van der Waals surface area contributed by atoms with Crippen molar-refractivity contribution in [3.05, 3.63) is 114 Å². The van der Waals surface area contributed by atoms with E-state index in [0.29, 0.717) is 41.8 Å². The van der Waals surface area contributed by atoms with Crippen molar-refractivity contribution >= 4 is 59.1 Å². The number of nitrogens with zero attached hydrogens (tertiary/aromatic N) is 2. The molecule has 0 unspecified atom stereocenters. The number of phenolic OH excluding ortho intramolecular Hbond substituents is 2. The molecule has 0 saturated heterocycles. The molecule has 6 aromatic carbocycles. The van der Waals surface area contributed by atoms with Gasteiger partial charge >= 0.3 is 0 Å². The van der Waals surface area contributed by atoms with E-state index in [2.05, 4.69) is 75.3 Å². The molecule has 0 fully saturated rings. The molecule has 0 spiro atoms. The number of hydrogen-bond acceptors (Lipinski definition) is 12. The molecule has 5 N–H and O–H groups in total. The highest BCUT2D eigenvalue weighted by atomic mass is 32.2. The average molecular weight is 928 g/mol. The van der Waals surface area contributed by atoms with Gasteiger partial charge in [-0.3, -0.25) is 13.9 Å². The largest absolute Gasteiger partial charge is 0.506 e. The third kappa shape index (κ3) is 10.8. The first kappa shape index (κ1) is 48.2. The van der Waals surface area contributed by atoms with E-state index < -0.39 is 47.4 Å². The summed E-state index contributed by atoms with van der Waals surface area (Å²) in [5.74, 6) is -0.258. The van der Waals surface area contributed by atoms with Crippen LogP contribution in [0.3, 0.4) is 0 Å². The molecule has 0 aliphatic carbocycles. The van der Waals surface area contributed by atoms with E-state index in [1.165, 1.54) is 48.0 Å². The Balaban J connectivity index is 1.08. The molecule has 6 rings (SSSR count). The summed E-state index contributed by atoms with van der Waals surface area (Å²) in [4.78, 5) is 10.8. The van der Waals surface area contributed by atoms with Crippen molar-refractivity contribution in [3.8, 4) is 28.7 Å². The normalized spacial score (nSPS) is 12.5. The second-order valence-electron chi connectivity index (χ2n) is 16.7. The van der Waals surface area contributed by atoms with Crippen LogP contribution in [0.15, 0.2) is 117 Å². The number of phenols is 2. The lowest BCUT2D eigenvalue weighted by atomic mass is 9.76. The van der Waals surface area contributed by atoms with E-state index in [4.69, 9.17) is 14.2 Å². The van der Waals surface area contributed by atoms with E-state index in [1.54, 1.807) is 36.4 Å². The fourth-order valence-electron chi connectivity index (χ4n) is 7.15. The Morgan fingerprint density at radius 3 is 1.85 bits per heavy atom. The lowest BCUT2D eigenvalue weighted by molar-refractivity contribution is 0.0948. The Kier molecular flexibility index (Phi) is 14.4. The van der Waals surface area contributed by atoms with Gasteiger partial charge < -0.3 is 29.7 Å². The van der Waals surface area contributed by atoms with Crippen LogP contribution in [-0.4, -0.2) is 68.4 Å². The first-order chi connectivity index (χ1) is 30.7. The van der Waals surface area contributed by atoms with Crippen molar-refractivity contribution in [2.75, 3.05) is 26.4 Å². The van der Waals surface area contributed by atoms with Gasteiger partial charge in [0.05, 0.1) is 17.9 Å². The van der Waals surface area contributed by atoms with E-state index in [1.807, 2.05) is 0 Å². The maximum Gasteiger partial charge on any atom is 0.299 e. The van der Waals surface area contributed by atoms with Gasteiger partial charge in [0.25, 0.3) is 26.1 Å². The summed E-state index contributed by atoms with van der Waals surface area (Å²) in [7, 11) is -10.6. The van der Waals surface area contributed by atoms with Crippen molar-refractivity contribution < 1.29 is 55.2 Å². The third-order valence-corrected chi connectivity index (χ3v) is 13.6. The molecular weight excluding hydrogens is 875 g/mol. The molecule has 6 aromatic rings. The smallest absolute Gasteiger partial charge is 0.299 e. The highest BCUT2D eigenvalue weighted by Gasteiger charge is 2.33. The van der Waals surface area contributed by atoms with Crippen LogP contribution >= 0.6 is 0 Å². The van der Waals surface area contributed by atoms with Gasteiger partial charge in [-0.2, -0.15) is 21.9 Å². The summed E-state index contributed by atoms with van der Waals surface area (Å²) >= 11 is 0. The molecule has 0 aliphatic rings. The predicted molar refractivity (Wildman–Crippen MR) is 248 cm³/mol. The van der Waals surface area contributed by atoms with Crippen molar-refractivity contribution in [1.29, 1.82) is 0 Å².